The summed E-state index contributed by atoms with van der Waals surface area (Å²) in [5.74, 6) is 0.852. The molecular weight excluding hydrogens is 355 g/mol. The number of quaternary nitrogens is 1. The van der Waals surface area contributed by atoms with Gasteiger partial charge >= 0.3 is 6.18 Å². The summed E-state index contributed by atoms with van der Waals surface area (Å²) in [4.78, 5) is 15.5. The maximum absolute atomic E-state index is 12.9. The second-order valence-electron chi connectivity index (χ2n) is 7.99. The zero-order chi connectivity index (χ0) is 19.4. The van der Waals surface area contributed by atoms with Crippen molar-refractivity contribution in [2.45, 2.75) is 44.8 Å². The summed E-state index contributed by atoms with van der Waals surface area (Å²) in [6.45, 7) is 5.53. The van der Waals surface area contributed by atoms with Crippen molar-refractivity contribution in [3.63, 3.8) is 0 Å². The van der Waals surface area contributed by atoms with Crippen LogP contribution in [0.1, 0.15) is 38.2 Å². The van der Waals surface area contributed by atoms with E-state index in [2.05, 4.69) is 12.2 Å². The predicted molar refractivity (Wildman–Crippen MR) is 98.8 cm³/mol. The van der Waals surface area contributed by atoms with Crippen molar-refractivity contribution in [2.24, 2.45) is 5.92 Å². The second kappa shape index (κ2) is 8.50. The van der Waals surface area contributed by atoms with E-state index in [9.17, 15) is 18.0 Å². The van der Waals surface area contributed by atoms with Gasteiger partial charge in [-0.1, -0.05) is 13.0 Å². The summed E-state index contributed by atoms with van der Waals surface area (Å²) in [5, 5.41) is 3.16. The van der Waals surface area contributed by atoms with Crippen LogP contribution in [0.25, 0.3) is 0 Å². The molecule has 0 unspecified atom stereocenters. The molecule has 2 aliphatic rings. The summed E-state index contributed by atoms with van der Waals surface area (Å²) in [6, 6.07) is 5.79. The number of nitrogens with zero attached hydrogens (tertiary/aromatic N) is 1. The average molecular weight is 384 g/mol. The van der Waals surface area contributed by atoms with Gasteiger partial charge in [-0.15, -0.1) is 0 Å². The molecule has 2 fully saturated rings. The van der Waals surface area contributed by atoms with Crippen molar-refractivity contribution in [1.29, 1.82) is 0 Å². The molecule has 3 rings (SSSR count). The lowest BCUT2D eigenvalue weighted by Gasteiger charge is -2.34. The lowest BCUT2D eigenvalue weighted by Crippen LogP contribution is -3.16. The van der Waals surface area contributed by atoms with Crippen LogP contribution in [-0.4, -0.2) is 44.7 Å². The van der Waals surface area contributed by atoms with Crippen molar-refractivity contribution < 1.29 is 22.9 Å². The van der Waals surface area contributed by atoms with Gasteiger partial charge in [0.05, 0.1) is 31.7 Å². The minimum Gasteiger partial charge on any atom is -0.360 e. The Bertz CT molecular complexity index is 634. The van der Waals surface area contributed by atoms with Crippen LogP contribution >= 0.6 is 0 Å². The highest BCUT2D eigenvalue weighted by molar-refractivity contribution is 5.77. The molecule has 0 radical (unpaired) electrons. The molecule has 1 heterocycles. The Morgan fingerprint density at radius 1 is 1.19 bits per heavy atom. The highest BCUT2D eigenvalue weighted by Crippen LogP contribution is 2.31. The third-order valence-electron chi connectivity index (χ3n) is 5.80. The third-order valence-corrected chi connectivity index (χ3v) is 5.80. The number of benzene rings is 1. The summed E-state index contributed by atoms with van der Waals surface area (Å²) >= 11 is 0. The van der Waals surface area contributed by atoms with E-state index in [4.69, 9.17) is 0 Å². The molecule has 0 bridgehead atoms. The Morgan fingerprint density at radius 2 is 1.85 bits per heavy atom. The van der Waals surface area contributed by atoms with E-state index in [-0.39, 0.29) is 5.91 Å². The van der Waals surface area contributed by atoms with Gasteiger partial charge in [0.25, 0.3) is 5.91 Å². The molecule has 0 atom stereocenters. The molecule has 7 heteroatoms. The number of nitrogens with one attached hydrogen (secondary N) is 2. The van der Waals surface area contributed by atoms with Gasteiger partial charge in [-0.3, -0.25) is 4.79 Å². The van der Waals surface area contributed by atoms with Gasteiger partial charge in [-0.2, -0.15) is 13.2 Å². The van der Waals surface area contributed by atoms with Crippen molar-refractivity contribution >= 4 is 11.6 Å². The molecular formula is C20H29F3N3O+. The first-order chi connectivity index (χ1) is 12.8. The lowest BCUT2D eigenvalue weighted by molar-refractivity contribution is -0.892. The number of hydrogen-bond donors (Lipinski definition) is 2. The van der Waals surface area contributed by atoms with Gasteiger partial charge < -0.3 is 15.1 Å². The van der Waals surface area contributed by atoms with Gasteiger partial charge in [-0.25, -0.2) is 0 Å². The van der Waals surface area contributed by atoms with Crippen LogP contribution in [0.2, 0.25) is 0 Å². The van der Waals surface area contributed by atoms with E-state index in [0.29, 0.717) is 31.4 Å². The number of carbonyl (C=O) groups is 1. The number of carbonyl (C=O) groups excluding carboxylic acids is 1. The minimum atomic E-state index is -4.32. The first kappa shape index (κ1) is 20.0. The lowest BCUT2D eigenvalue weighted by atomic mass is 9.87. The molecule has 0 aromatic heterocycles. The van der Waals surface area contributed by atoms with E-state index >= 15 is 0 Å². The van der Waals surface area contributed by atoms with Crippen LogP contribution in [0.15, 0.2) is 24.3 Å². The SMILES string of the molecule is CC1CCC(NC(=O)C[NH+]2CCN(c3cccc(C(F)(F)F)c3)CC2)CC1. The third kappa shape index (κ3) is 5.61. The number of amides is 1. The van der Waals surface area contributed by atoms with E-state index in [0.717, 1.165) is 37.9 Å². The van der Waals surface area contributed by atoms with Gasteiger partial charge in [0.2, 0.25) is 0 Å². The van der Waals surface area contributed by atoms with E-state index < -0.39 is 11.7 Å². The summed E-state index contributed by atoms with van der Waals surface area (Å²) in [6.07, 6.45) is 0.149. The van der Waals surface area contributed by atoms with Crippen LogP contribution in [0.3, 0.4) is 0 Å². The normalized spacial score (nSPS) is 24.7. The molecule has 4 nitrogen and oxygen atoms in total. The monoisotopic (exact) mass is 384 g/mol. The Hall–Kier alpha value is -1.76. The highest BCUT2D eigenvalue weighted by Gasteiger charge is 2.31. The molecule has 1 aromatic rings. The average Bonchev–Trinajstić information content (AvgIpc) is 2.64. The molecule has 1 aromatic carbocycles. The fourth-order valence-corrected chi connectivity index (χ4v) is 4.05. The first-order valence-corrected chi connectivity index (χ1v) is 9.86. The number of anilines is 1. The topological polar surface area (TPSA) is 36.8 Å². The smallest absolute Gasteiger partial charge is 0.360 e. The first-order valence-electron chi connectivity index (χ1n) is 9.86. The molecule has 2 N–H and O–H groups in total. The Kier molecular flexibility index (Phi) is 6.29. The number of piperazine rings is 1. The van der Waals surface area contributed by atoms with E-state index in [1.54, 1.807) is 6.07 Å². The van der Waals surface area contributed by atoms with Crippen LogP contribution < -0.4 is 15.1 Å². The van der Waals surface area contributed by atoms with Gasteiger partial charge in [-0.05, 0) is 49.8 Å². The zero-order valence-corrected chi connectivity index (χ0v) is 15.8. The van der Waals surface area contributed by atoms with E-state index in [1.165, 1.54) is 29.9 Å². The van der Waals surface area contributed by atoms with Crippen LogP contribution in [0, 0.1) is 5.92 Å². The standard InChI is InChI=1S/C20H28F3N3O/c1-15-5-7-17(8-6-15)24-19(27)14-25-9-11-26(12-10-25)18-4-2-3-16(13-18)20(21,22)23/h2-4,13,15,17H,5-12,14H2,1H3,(H,24,27)/p+1. The van der Waals surface area contributed by atoms with Gasteiger partial charge in [0.15, 0.2) is 6.54 Å². The second-order valence-corrected chi connectivity index (χ2v) is 7.99. The van der Waals surface area contributed by atoms with Crippen LogP contribution in [0.5, 0.6) is 0 Å². The number of halogens is 3. The largest absolute Gasteiger partial charge is 0.416 e. The highest BCUT2D eigenvalue weighted by atomic mass is 19.4. The van der Waals surface area contributed by atoms with Crippen molar-refractivity contribution in [1.82, 2.24) is 5.32 Å². The molecule has 150 valence electrons. The van der Waals surface area contributed by atoms with Crippen molar-refractivity contribution in [2.75, 3.05) is 37.6 Å². The summed E-state index contributed by atoms with van der Waals surface area (Å²) in [7, 11) is 0. The molecule has 1 saturated heterocycles. The number of rotatable bonds is 4. The summed E-state index contributed by atoms with van der Waals surface area (Å²) in [5.41, 5.74) is -0.0133. The fourth-order valence-electron chi connectivity index (χ4n) is 4.05. The molecule has 0 spiro atoms. The Labute approximate surface area is 158 Å². The van der Waals surface area contributed by atoms with Crippen molar-refractivity contribution in [3.05, 3.63) is 29.8 Å². The van der Waals surface area contributed by atoms with Crippen LogP contribution in [0.4, 0.5) is 18.9 Å². The Morgan fingerprint density at radius 3 is 2.48 bits per heavy atom. The van der Waals surface area contributed by atoms with Gasteiger partial charge in [0.1, 0.15) is 0 Å². The molecule has 1 amide bonds. The Balaban J connectivity index is 1.46. The number of hydrogen-bond acceptors (Lipinski definition) is 2. The maximum Gasteiger partial charge on any atom is 0.416 e. The van der Waals surface area contributed by atoms with Gasteiger partial charge in [0, 0.05) is 11.7 Å². The maximum atomic E-state index is 12.9. The number of alkyl halides is 3. The molecule has 27 heavy (non-hydrogen) atoms. The summed E-state index contributed by atoms with van der Waals surface area (Å²) < 4.78 is 38.7. The zero-order valence-electron chi connectivity index (χ0n) is 15.8. The van der Waals surface area contributed by atoms with Crippen molar-refractivity contribution in [3.8, 4) is 0 Å². The molecule has 1 aliphatic heterocycles. The minimum absolute atomic E-state index is 0.0945. The molecule has 1 aliphatic carbocycles. The fraction of sp³-hybridized carbons (Fsp3) is 0.650. The van der Waals surface area contributed by atoms with E-state index in [1.807, 2.05) is 4.90 Å². The quantitative estimate of drug-likeness (QED) is 0.834. The molecule has 1 saturated carbocycles. The predicted octanol–water partition coefficient (Wildman–Crippen LogP) is 2.11. The van der Waals surface area contributed by atoms with Crippen LogP contribution in [-0.2, 0) is 11.0 Å².